The summed E-state index contributed by atoms with van der Waals surface area (Å²) in [6.45, 7) is 0.382. The van der Waals surface area contributed by atoms with Gasteiger partial charge in [-0.15, -0.1) is 0 Å². The van der Waals surface area contributed by atoms with Crippen molar-refractivity contribution in [2.24, 2.45) is 5.92 Å². The number of carbonyl (C=O) groups excluding carboxylic acids is 1. The number of hydrogen-bond acceptors (Lipinski definition) is 3. The number of aliphatic hydroxyl groups is 1. The van der Waals surface area contributed by atoms with Gasteiger partial charge in [0.2, 0.25) is 0 Å². The zero-order valence-corrected chi connectivity index (χ0v) is 12.2. The van der Waals surface area contributed by atoms with Crippen LogP contribution in [0.2, 0.25) is 0 Å². The first-order chi connectivity index (χ1) is 10.1. The lowest BCUT2D eigenvalue weighted by molar-refractivity contribution is 0.0645. The number of carbonyl (C=O) groups is 1. The first-order valence-corrected chi connectivity index (χ1v) is 7.51. The van der Waals surface area contributed by atoms with Crippen molar-refractivity contribution in [2.75, 3.05) is 13.6 Å². The quantitative estimate of drug-likeness (QED) is 0.900. The first-order valence-electron chi connectivity index (χ1n) is 7.51. The Balaban J connectivity index is 1.65. The lowest BCUT2D eigenvalue weighted by Gasteiger charge is -2.21. The number of nitrogens with zero attached hydrogens (tertiary/aromatic N) is 2. The Morgan fingerprint density at radius 1 is 1.43 bits per heavy atom. The summed E-state index contributed by atoms with van der Waals surface area (Å²) < 4.78 is 0. The second-order valence-electron chi connectivity index (χ2n) is 6.36. The molecule has 0 saturated heterocycles. The van der Waals surface area contributed by atoms with Crippen molar-refractivity contribution in [1.82, 2.24) is 4.90 Å². The minimum Gasteiger partial charge on any atom is -0.391 e. The SMILES string of the molecule is CN(CC(O)C1CC1)C(=O)c1ccc(C2(C#N)CC2)cc1. The van der Waals surface area contributed by atoms with Crippen LogP contribution in [0.25, 0.3) is 0 Å². The molecule has 1 amide bonds. The fourth-order valence-electron chi connectivity index (χ4n) is 2.74. The van der Waals surface area contributed by atoms with Gasteiger partial charge in [0.15, 0.2) is 0 Å². The molecule has 1 aromatic carbocycles. The van der Waals surface area contributed by atoms with E-state index in [-0.39, 0.29) is 11.3 Å². The predicted molar refractivity (Wildman–Crippen MR) is 78.7 cm³/mol. The highest BCUT2D eigenvalue weighted by atomic mass is 16.3. The maximum Gasteiger partial charge on any atom is 0.253 e. The zero-order chi connectivity index (χ0) is 15.0. The van der Waals surface area contributed by atoms with Crippen LogP contribution in [0.15, 0.2) is 24.3 Å². The monoisotopic (exact) mass is 284 g/mol. The molecular formula is C17H20N2O2. The van der Waals surface area contributed by atoms with E-state index in [0.29, 0.717) is 18.0 Å². The summed E-state index contributed by atoms with van der Waals surface area (Å²) >= 11 is 0. The van der Waals surface area contributed by atoms with Crippen molar-refractivity contribution in [1.29, 1.82) is 5.26 Å². The van der Waals surface area contributed by atoms with Gasteiger partial charge in [-0.3, -0.25) is 4.79 Å². The van der Waals surface area contributed by atoms with Gasteiger partial charge in [-0.05, 0) is 49.3 Å². The molecule has 4 heteroatoms. The summed E-state index contributed by atoms with van der Waals surface area (Å²) in [5, 5.41) is 19.1. The molecule has 4 nitrogen and oxygen atoms in total. The van der Waals surface area contributed by atoms with Crippen molar-refractivity contribution >= 4 is 5.91 Å². The summed E-state index contributed by atoms with van der Waals surface area (Å²) in [6, 6.07) is 9.70. The molecule has 2 saturated carbocycles. The van der Waals surface area contributed by atoms with E-state index in [1.165, 1.54) is 0 Å². The largest absolute Gasteiger partial charge is 0.391 e. The number of likely N-dealkylation sites (N-methyl/N-ethyl adjacent to an activating group) is 1. The molecule has 21 heavy (non-hydrogen) atoms. The molecule has 3 rings (SSSR count). The van der Waals surface area contributed by atoms with Crippen molar-refractivity contribution < 1.29 is 9.90 Å². The number of hydrogen-bond donors (Lipinski definition) is 1. The Kier molecular flexibility index (Phi) is 3.46. The highest BCUT2D eigenvalue weighted by molar-refractivity contribution is 5.94. The smallest absolute Gasteiger partial charge is 0.253 e. The van der Waals surface area contributed by atoms with Crippen LogP contribution in [0.4, 0.5) is 0 Å². The first kappa shape index (κ1) is 14.1. The Bertz CT molecular complexity index is 580. The molecule has 0 spiro atoms. The van der Waals surface area contributed by atoms with E-state index >= 15 is 0 Å². The van der Waals surface area contributed by atoms with Gasteiger partial charge in [0.25, 0.3) is 5.91 Å². The number of rotatable bonds is 5. The number of benzene rings is 1. The molecule has 1 atom stereocenters. The Hall–Kier alpha value is -1.86. The molecule has 0 radical (unpaired) electrons. The third kappa shape index (κ3) is 2.79. The second-order valence-corrected chi connectivity index (χ2v) is 6.36. The van der Waals surface area contributed by atoms with E-state index in [1.807, 2.05) is 12.1 Å². The maximum atomic E-state index is 12.3. The van der Waals surface area contributed by atoms with Gasteiger partial charge in [0.05, 0.1) is 17.6 Å². The fraction of sp³-hybridized carbons (Fsp3) is 0.529. The number of nitriles is 1. The van der Waals surface area contributed by atoms with Gasteiger partial charge in [0.1, 0.15) is 0 Å². The van der Waals surface area contributed by atoms with Crippen LogP contribution in [0.3, 0.4) is 0 Å². The normalized spacial score (nSPS) is 20.4. The molecule has 110 valence electrons. The molecule has 0 bridgehead atoms. The van der Waals surface area contributed by atoms with Crippen LogP contribution in [0.5, 0.6) is 0 Å². The van der Waals surface area contributed by atoms with Crippen LogP contribution in [0.1, 0.15) is 41.6 Å². The van der Waals surface area contributed by atoms with Crippen molar-refractivity contribution in [3.8, 4) is 6.07 Å². The van der Waals surface area contributed by atoms with E-state index in [2.05, 4.69) is 6.07 Å². The fourth-order valence-corrected chi connectivity index (χ4v) is 2.74. The van der Waals surface area contributed by atoms with E-state index in [0.717, 1.165) is 31.2 Å². The van der Waals surface area contributed by atoms with Crippen molar-refractivity contribution in [3.05, 3.63) is 35.4 Å². The highest BCUT2D eigenvalue weighted by Gasteiger charge is 2.44. The summed E-state index contributed by atoms with van der Waals surface area (Å²) in [5.74, 6) is 0.288. The molecule has 0 aliphatic heterocycles. The van der Waals surface area contributed by atoms with Crippen LogP contribution < -0.4 is 0 Å². The van der Waals surface area contributed by atoms with Gasteiger partial charge in [-0.2, -0.15) is 5.26 Å². The minimum atomic E-state index is -0.411. The van der Waals surface area contributed by atoms with E-state index in [4.69, 9.17) is 0 Å². The van der Waals surface area contributed by atoms with Gasteiger partial charge in [-0.1, -0.05) is 12.1 Å². The van der Waals surface area contributed by atoms with Crippen LogP contribution in [0, 0.1) is 17.2 Å². The van der Waals surface area contributed by atoms with Gasteiger partial charge in [0, 0.05) is 19.2 Å². The van der Waals surface area contributed by atoms with Gasteiger partial charge >= 0.3 is 0 Å². The Morgan fingerprint density at radius 2 is 2.05 bits per heavy atom. The van der Waals surface area contributed by atoms with Crippen molar-refractivity contribution in [2.45, 2.75) is 37.2 Å². The summed E-state index contributed by atoms with van der Waals surface area (Å²) in [7, 11) is 1.72. The number of amides is 1. The lowest BCUT2D eigenvalue weighted by Crippen LogP contribution is -2.35. The summed E-state index contributed by atoms with van der Waals surface area (Å²) in [4.78, 5) is 13.9. The van der Waals surface area contributed by atoms with Crippen molar-refractivity contribution in [3.63, 3.8) is 0 Å². The lowest BCUT2D eigenvalue weighted by atomic mass is 9.96. The molecule has 0 heterocycles. The second kappa shape index (κ2) is 5.16. The highest BCUT2D eigenvalue weighted by Crippen LogP contribution is 2.47. The third-order valence-electron chi connectivity index (χ3n) is 4.62. The molecule has 2 fully saturated rings. The van der Waals surface area contributed by atoms with Crippen LogP contribution >= 0.6 is 0 Å². The molecule has 0 aromatic heterocycles. The predicted octanol–water partition coefficient (Wildman–Crippen LogP) is 2.08. The molecule has 1 aromatic rings. The molecular weight excluding hydrogens is 264 g/mol. The van der Waals surface area contributed by atoms with Crippen LogP contribution in [-0.4, -0.2) is 35.6 Å². The molecule has 2 aliphatic rings. The van der Waals surface area contributed by atoms with Gasteiger partial charge in [-0.25, -0.2) is 0 Å². The third-order valence-corrected chi connectivity index (χ3v) is 4.62. The molecule has 1 N–H and O–H groups in total. The molecule has 1 unspecified atom stereocenters. The van der Waals surface area contributed by atoms with Crippen LogP contribution in [-0.2, 0) is 5.41 Å². The van der Waals surface area contributed by atoms with E-state index in [1.54, 1.807) is 24.1 Å². The average Bonchev–Trinajstić information content (AvgIpc) is 3.40. The average molecular weight is 284 g/mol. The van der Waals surface area contributed by atoms with E-state index < -0.39 is 6.10 Å². The number of aliphatic hydroxyl groups excluding tert-OH is 1. The van der Waals surface area contributed by atoms with Gasteiger partial charge < -0.3 is 10.0 Å². The molecule has 2 aliphatic carbocycles. The summed E-state index contributed by atoms with van der Waals surface area (Å²) in [6.07, 6.45) is 3.53. The Labute approximate surface area is 125 Å². The minimum absolute atomic E-state index is 0.0805. The Morgan fingerprint density at radius 3 is 2.52 bits per heavy atom. The zero-order valence-electron chi connectivity index (χ0n) is 12.2. The standard InChI is InChI=1S/C17H20N2O2/c1-19(10-15(20)12-2-3-12)16(21)13-4-6-14(7-5-13)17(11-18)8-9-17/h4-7,12,15,20H,2-3,8-10H2,1H3. The van der Waals surface area contributed by atoms with E-state index in [9.17, 15) is 15.2 Å². The topological polar surface area (TPSA) is 64.3 Å². The summed E-state index contributed by atoms with van der Waals surface area (Å²) in [5.41, 5.74) is 1.30. The maximum absolute atomic E-state index is 12.3.